The number of hydrogen-bond acceptors (Lipinski definition) is 9. The maximum atomic E-state index is 13.9. The molecule has 5 atom stereocenters. The molecule has 1 aliphatic carbocycles. The van der Waals surface area contributed by atoms with Crippen molar-refractivity contribution < 1.29 is 33.4 Å². The Morgan fingerprint density at radius 3 is 1.97 bits per heavy atom. The summed E-state index contributed by atoms with van der Waals surface area (Å²) < 4.78 is 15.1. The van der Waals surface area contributed by atoms with Gasteiger partial charge in [0.15, 0.2) is 0 Å². The molecule has 0 unspecified atom stereocenters. The SMILES string of the molecule is COC[C@H]1C[C@@H](C2=NC=C(c3ccc(-c4ccc5cc(-c6cnc([C@@H]7CC8(CC8)CN7C(=O)[C@@H](NC(=O)OC)C(C)C)[nH]6)ccc5c4)cc3)C2)N(C(=O)[C@@H](NC(=O)OC)C(C)C)C1. The van der Waals surface area contributed by atoms with E-state index in [1.807, 2.05) is 49.9 Å². The normalized spacial score (nSPS) is 21.1. The van der Waals surface area contributed by atoms with Gasteiger partial charge in [0.25, 0.3) is 0 Å². The number of benzene rings is 3. The average molecular weight is 858 g/mol. The number of allylic oxidation sites excluding steroid dienone is 1. The van der Waals surface area contributed by atoms with Gasteiger partial charge in [-0.25, -0.2) is 14.6 Å². The minimum Gasteiger partial charge on any atom is -0.453 e. The Balaban J connectivity index is 0.935. The van der Waals surface area contributed by atoms with Crippen molar-refractivity contribution in [1.82, 2.24) is 30.4 Å². The number of methoxy groups -OCH3 is 3. The van der Waals surface area contributed by atoms with Crippen molar-refractivity contribution in [2.75, 3.05) is 41.0 Å². The van der Waals surface area contributed by atoms with E-state index >= 15 is 0 Å². The molecule has 63 heavy (non-hydrogen) atoms. The first-order chi connectivity index (χ1) is 30.3. The number of ether oxygens (including phenoxy) is 3. The van der Waals surface area contributed by atoms with E-state index in [0.717, 1.165) is 81.5 Å². The molecular weight excluding hydrogens is 799 g/mol. The zero-order valence-corrected chi connectivity index (χ0v) is 37.3. The van der Waals surface area contributed by atoms with Crippen LogP contribution in [-0.2, 0) is 23.8 Å². The lowest BCUT2D eigenvalue weighted by molar-refractivity contribution is -0.136. The summed E-state index contributed by atoms with van der Waals surface area (Å²) in [5, 5.41) is 7.70. The van der Waals surface area contributed by atoms with Gasteiger partial charge in [-0.15, -0.1) is 0 Å². The molecule has 8 rings (SSSR count). The van der Waals surface area contributed by atoms with Gasteiger partial charge in [-0.2, -0.15) is 0 Å². The molecule has 2 saturated heterocycles. The van der Waals surface area contributed by atoms with Crippen LogP contribution >= 0.6 is 0 Å². The molecule has 4 aromatic rings. The number of amides is 4. The summed E-state index contributed by atoms with van der Waals surface area (Å²) in [6.45, 7) is 9.41. The van der Waals surface area contributed by atoms with Crippen molar-refractivity contribution >= 4 is 46.1 Å². The van der Waals surface area contributed by atoms with Crippen molar-refractivity contribution in [2.24, 2.45) is 28.2 Å². The number of nitrogens with one attached hydrogen (secondary N) is 3. The Morgan fingerprint density at radius 2 is 1.37 bits per heavy atom. The lowest BCUT2D eigenvalue weighted by atomic mass is 9.94. The fraction of sp³-hybridized carbons (Fsp3) is 0.469. The maximum Gasteiger partial charge on any atom is 0.407 e. The van der Waals surface area contributed by atoms with Gasteiger partial charge in [-0.3, -0.25) is 14.6 Å². The van der Waals surface area contributed by atoms with E-state index in [4.69, 9.17) is 24.2 Å². The first-order valence-electron chi connectivity index (χ1n) is 22.0. The molecular formula is C49H59N7O7. The first kappa shape index (κ1) is 43.6. The number of alkyl carbamates (subject to hydrolysis) is 2. The number of carbonyl (C=O) groups is 4. The van der Waals surface area contributed by atoms with Crippen LogP contribution < -0.4 is 10.6 Å². The van der Waals surface area contributed by atoms with Crippen LogP contribution in [0.5, 0.6) is 0 Å². The van der Waals surface area contributed by atoms with Crippen molar-refractivity contribution in [2.45, 2.75) is 84.0 Å². The van der Waals surface area contributed by atoms with Gasteiger partial charge < -0.3 is 39.6 Å². The largest absolute Gasteiger partial charge is 0.453 e. The second kappa shape index (κ2) is 18.0. The Kier molecular flexibility index (Phi) is 12.5. The zero-order valence-electron chi connectivity index (χ0n) is 37.3. The molecule has 0 bridgehead atoms. The molecule has 14 nitrogen and oxygen atoms in total. The Hall–Kier alpha value is -6.02. The Bertz CT molecular complexity index is 2430. The molecule has 3 N–H and O–H groups in total. The van der Waals surface area contributed by atoms with Crippen molar-refractivity contribution in [3.05, 3.63) is 84.4 Å². The molecule has 4 heterocycles. The number of hydrogen-bond donors (Lipinski definition) is 3. The predicted molar refractivity (Wildman–Crippen MR) is 242 cm³/mol. The number of aliphatic imine (C=N–C) groups is 1. The lowest BCUT2D eigenvalue weighted by Crippen LogP contribution is -2.53. The molecule has 332 valence electrons. The van der Waals surface area contributed by atoms with Gasteiger partial charge >= 0.3 is 12.2 Å². The molecule has 4 amide bonds. The third kappa shape index (κ3) is 9.09. The molecule has 0 radical (unpaired) electrons. The standard InChI is InChI=1S/C49H59N7O7/c1-28(2)42(53-47(59)62-6)45(57)55-25-30(26-61-5)18-40(55)38-21-37(23-50-38)32-10-8-31(9-11-32)33-12-13-35-20-36(15-14-34(35)19-33)39-24-51-44(52-39)41-22-49(16-17-49)27-56(41)46(58)43(29(3)4)54-48(60)63-7/h8-15,19-20,23-24,28-30,40-43H,16-18,21-22,25-27H2,1-7H3,(H,51,52)(H,53,59)(H,54,60)/t30-,40-,41-,42-,43-/m0/s1. The van der Waals surface area contributed by atoms with Gasteiger partial charge in [0.2, 0.25) is 11.8 Å². The lowest BCUT2D eigenvalue weighted by Gasteiger charge is -2.31. The number of likely N-dealkylation sites (tertiary alicyclic amines) is 2. The molecule has 14 heteroatoms. The topological polar surface area (TPSA) is 168 Å². The van der Waals surface area contributed by atoms with Crippen LogP contribution in [-0.4, -0.2) is 109 Å². The highest BCUT2D eigenvalue weighted by Crippen LogP contribution is 2.58. The van der Waals surface area contributed by atoms with E-state index in [1.165, 1.54) is 14.2 Å². The summed E-state index contributed by atoms with van der Waals surface area (Å²) in [5.74, 6) is 0.445. The van der Waals surface area contributed by atoms with Crippen LogP contribution in [0, 0.1) is 23.2 Å². The highest BCUT2D eigenvalue weighted by atomic mass is 16.5. The number of H-pyrrole nitrogens is 1. The van der Waals surface area contributed by atoms with Gasteiger partial charge in [0.05, 0.1) is 44.8 Å². The number of carbonyl (C=O) groups excluding carboxylic acids is 4. The van der Waals surface area contributed by atoms with Crippen LogP contribution in [0.2, 0.25) is 0 Å². The van der Waals surface area contributed by atoms with Crippen LogP contribution in [0.25, 0.3) is 38.7 Å². The second-order valence-corrected chi connectivity index (χ2v) is 18.5. The smallest absolute Gasteiger partial charge is 0.407 e. The Morgan fingerprint density at radius 1 is 0.778 bits per heavy atom. The quantitative estimate of drug-likeness (QED) is 0.123. The van der Waals surface area contributed by atoms with Gasteiger partial charge in [0, 0.05) is 50.0 Å². The van der Waals surface area contributed by atoms with Gasteiger partial charge in [0.1, 0.15) is 17.9 Å². The molecule has 3 aliphatic heterocycles. The zero-order chi connectivity index (χ0) is 44.6. The maximum absolute atomic E-state index is 13.9. The summed E-state index contributed by atoms with van der Waals surface area (Å²) in [6, 6.07) is 19.6. The van der Waals surface area contributed by atoms with E-state index in [2.05, 4.69) is 76.3 Å². The fourth-order valence-corrected chi connectivity index (χ4v) is 9.62. The van der Waals surface area contributed by atoms with E-state index < -0.39 is 24.3 Å². The van der Waals surface area contributed by atoms with E-state index in [-0.39, 0.29) is 47.1 Å². The third-order valence-corrected chi connectivity index (χ3v) is 13.4. The molecule has 1 aromatic heterocycles. The molecule has 3 fully saturated rings. The Labute approximate surface area is 368 Å². The van der Waals surface area contributed by atoms with Crippen LogP contribution in [0.3, 0.4) is 0 Å². The van der Waals surface area contributed by atoms with Crippen LogP contribution in [0.4, 0.5) is 9.59 Å². The van der Waals surface area contributed by atoms with Gasteiger partial charge in [-0.1, -0.05) is 76.2 Å². The van der Waals surface area contributed by atoms with E-state index in [1.54, 1.807) is 7.11 Å². The third-order valence-electron chi connectivity index (χ3n) is 13.4. The number of imidazole rings is 1. The van der Waals surface area contributed by atoms with Gasteiger partial charge in [-0.05, 0) is 88.1 Å². The predicted octanol–water partition coefficient (Wildman–Crippen LogP) is 7.76. The number of aromatic amines is 1. The summed E-state index contributed by atoms with van der Waals surface area (Å²) in [4.78, 5) is 69.1. The highest BCUT2D eigenvalue weighted by Gasteiger charge is 2.55. The summed E-state index contributed by atoms with van der Waals surface area (Å²) in [5.41, 5.74) is 7.32. The summed E-state index contributed by atoms with van der Waals surface area (Å²) in [6.07, 6.45) is 6.92. The minimum atomic E-state index is -0.712. The molecule has 1 spiro atoms. The number of fused-ring (bicyclic) bond motifs is 1. The number of aromatic nitrogens is 2. The highest BCUT2D eigenvalue weighted by molar-refractivity contribution is 6.04. The van der Waals surface area contributed by atoms with Crippen LogP contribution in [0.1, 0.15) is 77.2 Å². The van der Waals surface area contributed by atoms with Crippen molar-refractivity contribution in [1.29, 1.82) is 0 Å². The molecule has 4 aliphatic rings. The van der Waals surface area contributed by atoms with E-state index in [9.17, 15) is 19.2 Å². The van der Waals surface area contributed by atoms with Crippen LogP contribution in [0.15, 0.2) is 78.1 Å². The average Bonchev–Trinajstić information content (AvgIpc) is 3.78. The monoisotopic (exact) mass is 857 g/mol. The fourth-order valence-electron chi connectivity index (χ4n) is 9.62. The summed E-state index contributed by atoms with van der Waals surface area (Å²) in [7, 11) is 4.28. The summed E-state index contributed by atoms with van der Waals surface area (Å²) >= 11 is 0. The molecule has 1 saturated carbocycles. The number of rotatable bonds is 13. The first-order valence-corrected chi connectivity index (χ1v) is 22.0. The second-order valence-electron chi connectivity index (χ2n) is 18.5. The number of nitrogens with zero attached hydrogens (tertiary/aromatic N) is 4. The van der Waals surface area contributed by atoms with Crippen molar-refractivity contribution in [3.63, 3.8) is 0 Å². The molecule has 3 aromatic carbocycles. The van der Waals surface area contributed by atoms with Crippen molar-refractivity contribution in [3.8, 4) is 22.4 Å². The van der Waals surface area contributed by atoms with E-state index in [0.29, 0.717) is 26.1 Å². The minimum absolute atomic E-state index is 0.106.